The molecule has 0 aliphatic rings. The van der Waals surface area contributed by atoms with Crippen LogP contribution < -0.4 is 0 Å². The first-order valence-electron chi connectivity index (χ1n) is 3.77. The Kier molecular flexibility index (Phi) is 4.48. The quantitative estimate of drug-likeness (QED) is 0.411. The molecule has 1 rings (SSSR count). The van der Waals surface area contributed by atoms with E-state index in [0.717, 1.165) is 17.1 Å². The van der Waals surface area contributed by atoms with Gasteiger partial charge in [-0.3, -0.25) is 0 Å². The van der Waals surface area contributed by atoms with Gasteiger partial charge in [0, 0.05) is 10.8 Å². The highest BCUT2D eigenvalue weighted by Gasteiger charge is 1.94. The number of benzene rings is 1. The number of alkyl halides is 1. The van der Waals surface area contributed by atoms with Gasteiger partial charge in [0.1, 0.15) is 5.82 Å². The highest BCUT2D eigenvalue weighted by Crippen LogP contribution is 2.19. The summed E-state index contributed by atoms with van der Waals surface area (Å²) < 4.78 is 12.6. The van der Waals surface area contributed by atoms with Gasteiger partial charge in [0.15, 0.2) is 0 Å². The molecule has 0 radical (unpaired) electrons. The zero-order chi connectivity index (χ0) is 8.81. The molecule has 0 saturated carbocycles. The normalized spacial score (nSPS) is 10.2. The van der Waals surface area contributed by atoms with E-state index < -0.39 is 0 Å². The molecule has 0 aliphatic heterocycles. The predicted octanol–water partition coefficient (Wildman–Crippen LogP) is 3.55. The molecule has 0 amide bonds. The molecule has 0 atom stereocenters. The molecule has 1 aromatic carbocycles. The summed E-state index contributed by atoms with van der Waals surface area (Å²) in [6.45, 7) is 0. The SMILES string of the molecule is Fc1cccc(SCCCCl)c1. The minimum atomic E-state index is -0.175. The molecule has 3 heteroatoms. The Balaban J connectivity index is 2.41. The lowest BCUT2D eigenvalue weighted by Gasteiger charge is -1.98. The fourth-order valence-electron chi connectivity index (χ4n) is 0.801. The summed E-state index contributed by atoms with van der Waals surface area (Å²) in [7, 11) is 0. The van der Waals surface area contributed by atoms with Crippen molar-refractivity contribution in [2.45, 2.75) is 11.3 Å². The summed E-state index contributed by atoms with van der Waals surface area (Å²) in [5.74, 6) is 1.45. The largest absolute Gasteiger partial charge is 0.207 e. The third-order valence-corrected chi connectivity index (χ3v) is 2.69. The van der Waals surface area contributed by atoms with Crippen LogP contribution in [0.15, 0.2) is 29.2 Å². The Bertz CT molecular complexity index is 240. The number of halogens is 2. The van der Waals surface area contributed by atoms with Crippen LogP contribution in [0.1, 0.15) is 6.42 Å². The monoisotopic (exact) mass is 204 g/mol. The van der Waals surface area contributed by atoms with Crippen LogP contribution in [0.25, 0.3) is 0 Å². The van der Waals surface area contributed by atoms with Gasteiger partial charge in [-0.2, -0.15) is 0 Å². The van der Waals surface area contributed by atoms with Gasteiger partial charge in [-0.05, 0) is 30.4 Å². The Morgan fingerprint density at radius 2 is 2.25 bits per heavy atom. The van der Waals surface area contributed by atoms with Gasteiger partial charge < -0.3 is 0 Å². The third-order valence-electron chi connectivity index (χ3n) is 1.34. The highest BCUT2D eigenvalue weighted by molar-refractivity contribution is 7.99. The van der Waals surface area contributed by atoms with Crippen molar-refractivity contribution < 1.29 is 4.39 Å². The molecule has 0 unspecified atom stereocenters. The smallest absolute Gasteiger partial charge is 0.124 e. The molecule has 12 heavy (non-hydrogen) atoms. The van der Waals surface area contributed by atoms with E-state index in [2.05, 4.69) is 0 Å². The summed E-state index contributed by atoms with van der Waals surface area (Å²) in [4.78, 5) is 0.972. The average Bonchev–Trinajstić information content (AvgIpc) is 2.05. The maximum atomic E-state index is 12.6. The van der Waals surface area contributed by atoms with Crippen molar-refractivity contribution >= 4 is 23.4 Å². The van der Waals surface area contributed by atoms with Crippen LogP contribution in [-0.2, 0) is 0 Å². The highest BCUT2D eigenvalue weighted by atomic mass is 35.5. The van der Waals surface area contributed by atoms with Crippen molar-refractivity contribution in [1.29, 1.82) is 0 Å². The molecule has 0 bridgehead atoms. The fourth-order valence-corrected chi connectivity index (χ4v) is 1.99. The maximum Gasteiger partial charge on any atom is 0.124 e. The van der Waals surface area contributed by atoms with Crippen LogP contribution in [0.4, 0.5) is 4.39 Å². The Hall–Kier alpha value is -0.210. The van der Waals surface area contributed by atoms with Gasteiger partial charge in [-0.25, -0.2) is 4.39 Å². The van der Waals surface area contributed by atoms with Crippen molar-refractivity contribution in [2.75, 3.05) is 11.6 Å². The summed E-state index contributed by atoms with van der Waals surface area (Å²) in [6, 6.07) is 6.62. The molecule has 1 aromatic rings. The van der Waals surface area contributed by atoms with E-state index in [4.69, 9.17) is 11.6 Å². The molecule has 0 aromatic heterocycles. The van der Waals surface area contributed by atoms with Crippen LogP contribution in [0.5, 0.6) is 0 Å². The Labute approximate surface area is 81.1 Å². The Morgan fingerprint density at radius 1 is 1.42 bits per heavy atom. The van der Waals surface area contributed by atoms with Crippen molar-refractivity contribution in [3.63, 3.8) is 0 Å². The lowest BCUT2D eigenvalue weighted by atomic mass is 10.4. The second-order valence-corrected chi connectivity index (χ2v) is 3.89. The lowest BCUT2D eigenvalue weighted by molar-refractivity contribution is 0.624. The first kappa shape index (κ1) is 9.87. The average molecular weight is 205 g/mol. The number of hydrogen-bond acceptors (Lipinski definition) is 1. The van der Waals surface area contributed by atoms with Gasteiger partial charge in [-0.15, -0.1) is 23.4 Å². The molecule has 66 valence electrons. The molecule has 0 heterocycles. The van der Waals surface area contributed by atoms with Crippen molar-refractivity contribution in [2.24, 2.45) is 0 Å². The standard InChI is InChI=1S/C9H10ClFS/c10-5-2-6-12-9-4-1-3-8(11)7-9/h1,3-4,7H,2,5-6H2. The second kappa shape index (κ2) is 5.44. The van der Waals surface area contributed by atoms with Crippen molar-refractivity contribution in [3.05, 3.63) is 30.1 Å². The summed E-state index contributed by atoms with van der Waals surface area (Å²) in [6.07, 6.45) is 0.961. The zero-order valence-electron chi connectivity index (χ0n) is 6.59. The fraction of sp³-hybridized carbons (Fsp3) is 0.333. The maximum absolute atomic E-state index is 12.6. The van der Waals surface area contributed by atoms with E-state index >= 15 is 0 Å². The molecule has 0 saturated heterocycles. The molecule has 0 aliphatic carbocycles. The topological polar surface area (TPSA) is 0 Å². The molecular formula is C9H10ClFS. The molecule has 0 nitrogen and oxygen atoms in total. The minimum absolute atomic E-state index is 0.175. The van der Waals surface area contributed by atoms with E-state index in [0.29, 0.717) is 5.88 Å². The molecular weight excluding hydrogens is 195 g/mol. The predicted molar refractivity (Wildman–Crippen MR) is 52.5 cm³/mol. The van der Waals surface area contributed by atoms with E-state index in [1.165, 1.54) is 6.07 Å². The molecule has 0 spiro atoms. The first-order valence-corrected chi connectivity index (χ1v) is 5.29. The van der Waals surface area contributed by atoms with Crippen LogP contribution in [0, 0.1) is 5.82 Å². The van der Waals surface area contributed by atoms with Gasteiger partial charge >= 0.3 is 0 Å². The van der Waals surface area contributed by atoms with E-state index in [-0.39, 0.29) is 5.82 Å². The Morgan fingerprint density at radius 3 is 2.92 bits per heavy atom. The van der Waals surface area contributed by atoms with Crippen LogP contribution >= 0.6 is 23.4 Å². The number of rotatable bonds is 4. The van der Waals surface area contributed by atoms with Crippen molar-refractivity contribution in [1.82, 2.24) is 0 Å². The second-order valence-electron chi connectivity index (χ2n) is 2.35. The number of thioether (sulfide) groups is 1. The van der Waals surface area contributed by atoms with E-state index in [9.17, 15) is 4.39 Å². The van der Waals surface area contributed by atoms with Gasteiger partial charge in [0.25, 0.3) is 0 Å². The van der Waals surface area contributed by atoms with Crippen LogP contribution in [0.2, 0.25) is 0 Å². The van der Waals surface area contributed by atoms with Crippen LogP contribution in [-0.4, -0.2) is 11.6 Å². The molecule has 0 fully saturated rings. The van der Waals surface area contributed by atoms with Crippen molar-refractivity contribution in [3.8, 4) is 0 Å². The first-order chi connectivity index (χ1) is 5.83. The van der Waals surface area contributed by atoms with Gasteiger partial charge in [0.2, 0.25) is 0 Å². The van der Waals surface area contributed by atoms with Gasteiger partial charge in [0.05, 0.1) is 0 Å². The number of hydrogen-bond donors (Lipinski definition) is 0. The summed E-state index contributed by atoms with van der Waals surface area (Å²) in [5, 5.41) is 0. The van der Waals surface area contributed by atoms with E-state index in [1.807, 2.05) is 6.07 Å². The summed E-state index contributed by atoms with van der Waals surface area (Å²) >= 11 is 7.15. The summed E-state index contributed by atoms with van der Waals surface area (Å²) in [5.41, 5.74) is 0. The van der Waals surface area contributed by atoms with Crippen LogP contribution in [0.3, 0.4) is 0 Å². The lowest BCUT2D eigenvalue weighted by Crippen LogP contribution is -1.81. The van der Waals surface area contributed by atoms with Gasteiger partial charge in [-0.1, -0.05) is 6.07 Å². The minimum Gasteiger partial charge on any atom is -0.207 e. The molecule has 0 N–H and O–H groups in total. The third kappa shape index (κ3) is 3.46. The van der Waals surface area contributed by atoms with E-state index in [1.54, 1.807) is 23.9 Å². The zero-order valence-corrected chi connectivity index (χ0v) is 8.17.